The van der Waals surface area contributed by atoms with E-state index in [1.165, 1.54) is 0 Å². The molecular weight excluding hydrogens is 410 g/mol. The Kier molecular flexibility index (Phi) is 7.13. The third-order valence-electron chi connectivity index (χ3n) is 5.94. The van der Waals surface area contributed by atoms with Crippen molar-refractivity contribution in [2.45, 2.75) is 26.4 Å². The lowest BCUT2D eigenvalue weighted by atomic mass is 10.2. The van der Waals surface area contributed by atoms with Crippen LogP contribution in [0.5, 0.6) is 0 Å². The number of fused-ring (bicyclic) bond motifs is 3. The highest BCUT2D eigenvalue weighted by Crippen LogP contribution is 2.16. The van der Waals surface area contributed by atoms with Gasteiger partial charge in [0.05, 0.1) is 24.0 Å². The van der Waals surface area contributed by atoms with E-state index in [-0.39, 0.29) is 11.5 Å². The largest absolute Gasteiger partial charge is 0.385 e. The van der Waals surface area contributed by atoms with E-state index in [1.807, 2.05) is 35.6 Å². The second-order valence-corrected chi connectivity index (χ2v) is 8.07. The third-order valence-corrected chi connectivity index (χ3v) is 5.94. The molecular formula is C22H31N7O3. The molecule has 0 atom stereocenters. The summed E-state index contributed by atoms with van der Waals surface area (Å²) in [6.45, 7) is 8.17. The minimum absolute atomic E-state index is 0.0383. The fourth-order valence-corrected chi connectivity index (χ4v) is 4.21. The van der Waals surface area contributed by atoms with Crippen molar-refractivity contribution in [2.75, 3.05) is 53.0 Å². The Labute approximate surface area is 186 Å². The molecule has 1 amide bonds. The first-order valence-electron chi connectivity index (χ1n) is 11.2. The van der Waals surface area contributed by atoms with Gasteiger partial charge in [0.25, 0.3) is 5.56 Å². The van der Waals surface area contributed by atoms with Crippen molar-refractivity contribution < 1.29 is 9.53 Å². The quantitative estimate of drug-likeness (QED) is 0.478. The number of amides is 1. The zero-order valence-electron chi connectivity index (χ0n) is 18.8. The Morgan fingerprint density at radius 1 is 1.12 bits per heavy atom. The van der Waals surface area contributed by atoms with Gasteiger partial charge >= 0.3 is 0 Å². The van der Waals surface area contributed by atoms with Gasteiger partial charge in [0.1, 0.15) is 0 Å². The number of hydrogen-bond acceptors (Lipinski definition) is 7. The van der Waals surface area contributed by atoms with Gasteiger partial charge in [-0.15, -0.1) is 10.2 Å². The molecule has 0 spiro atoms. The summed E-state index contributed by atoms with van der Waals surface area (Å²) in [6.07, 6.45) is 0.822. The number of aryl methyl sites for hydroxylation is 1. The van der Waals surface area contributed by atoms with Crippen LogP contribution in [0.3, 0.4) is 0 Å². The molecule has 172 valence electrons. The van der Waals surface area contributed by atoms with E-state index in [4.69, 9.17) is 4.74 Å². The summed E-state index contributed by atoms with van der Waals surface area (Å²) in [6, 6.07) is 7.61. The number of nitrogens with zero attached hydrogens (tertiary/aromatic N) is 6. The second-order valence-electron chi connectivity index (χ2n) is 8.07. The van der Waals surface area contributed by atoms with E-state index in [1.54, 1.807) is 11.7 Å². The van der Waals surface area contributed by atoms with Gasteiger partial charge in [-0.25, -0.2) is 0 Å². The van der Waals surface area contributed by atoms with Gasteiger partial charge in [-0.2, -0.15) is 0 Å². The summed E-state index contributed by atoms with van der Waals surface area (Å²) in [4.78, 5) is 29.4. The summed E-state index contributed by atoms with van der Waals surface area (Å²) in [7, 11) is 1.66. The van der Waals surface area contributed by atoms with Crippen molar-refractivity contribution in [1.82, 2.24) is 34.3 Å². The number of piperazine rings is 1. The Hall–Kier alpha value is -2.82. The molecule has 0 unspecified atom stereocenters. The molecule has 0 radical (unpaired) electrons. The molecule has 10 nitrogen and oxygen atoms in total. The fourth-order valence-electron chi connectivity index (χ4n) is 4.21. The molecule has 1 fully saturated rings. The van der Waals surface area contributed by atoms with Crippen molar-refractivity contribution in [3.63, 3.8) is 0 Å². The van der Waals surface area contributed by atoms with Crippen LogP contribution < -0.4 is 10.9 Å². The van der Waals surface area contributed by atoms with Gasteiger partial charge in [-0.1, -0.05) is 12.1 Å². The first-order chi connectivity index (χ1) is 15.6. The van der Waals surface area contributed by atoms with E-state index >= 15 is 0 Å². The van der Waals surface area contributed by atoms with Crippen LogP contribution in [0.25, 0.3) is 16.7 Å². The van der Waals surface area contributed by atoms with Crippen LogP contribution in [0, 0.1) is 0 Å². The zero-order valence-corrected chi connectivity index (χ0v) is 18.8. The van der Waals surface area contributed by atoms with Crippen LogP contribution in [0.15, 0.2) is 29.1 Å². The molecule has 1 aromatic carbocycles. The number of carbonyl (C=O) groups excluding carboxylic acids is 1. The summed E-state index contributed by atoms with van der Waals surface area (Å²) in [5.74, 6) is 1.46. The first-order valence-corrected chi connectivity index (χ1v) is 11.2. The number of nitrogens with one attached hydrogen (secondary N) is 1. The lowest BCUT2D eigenvalue weighted by Gasteiger charge is -2.33. The molecule has 10 heteroatoms. The van der Waals surface area contributed by atoms with Gasteiger partial charge in [-0.3, -0.25) is 28.4 Å². The lowest BCUT2D eigenvalue weighted by Crippen LogP contribution is -2.49. The number of ether oxygens (including phenoxy) is 1. The molecule has 0 aliphatic carbocycles. The van der Waals surface area contributed by atoms with Crippen LogP contribution >= 0.6 is 0 Å². The van der Waals surface area contributed by atoms with Crippen molar-refractivity contribution in [3.05, 3.63) is 40.4 Å². The van der Waals surface area contributed by atoms with Crippen LogP contribution in [-0.4, -0.2) is 87.9 Å². The van der Waals surface area contributed by atoms with Crippen LogP contribution in [0.2, 0.25) is 0 Å². The van der Waals surface area contributed by atoms with E-state index in [9.17, 15) is 9.59 Å². The SMILES string of the molecule is CCn1c(=O)c2ccccc2n2c(CN3CCN(CC(=O)NCCCOC)CC3)nnc12. The van der Waals surface area contributed by atoms with Gasteiger partial charge in [0.15, 0.2) is 5.82 Å². The minimum atomic E-state index is -0.0383. The smallest absolute Gasteiger partial charge is 0.262 e. The number of hydrogen-bond donors (Lipinski definition) is 1. The van der Waals surface area contributed by atoms with Gasteiger partial charge in [0, 0.05) is 53.0 Å². The molecule has 2 aromatic heterocycles. The average Bonchev–Trinajstić information content (AvgIpc) is 3.22. The van der Waals surface area contributed by atoms with E-state index in [0.717, 1.165) is 43.9 Å². The Morgan fingerprint density at radius 3 is 2.62 bits per heavy atom. The maximum atomic E-state index is 12.8. The third kappa shape index (κ3) is 4.67. The molecule has 1 aliphatic heterocycles. The highest BCUT2D eigenvalue weighted by molar-refractivity contribution is 5.80. The molecule has 3 aromatic rings. The molecule has 1 N–H and O–H groups in total. The summed E-state index contributed by atoms with van der Waals surface area (Å²) >= 11 is 0. The van der Waals surface area contributed by atoms with Gasteiger partial charge in [-0.05, 0) is 25.5 Å². The van der Waals surface area contributed by atoms with Crippen molar-refractivity contribution >= 4 is 22.6 Å². The van der Waals surface area contributed by atoms with Gasteiger partial charge < -0.3 is 10.1 Å². The monoisotopic (exact) mass is 441 g/mol. The maximum absolute atomic E-state index is 12.8. The molecule has 4 rings (SSSR count). The highest BCUT2D eigenvalue weighted by Gasteiger charge is 2.22. The predicted molar refractivity (Wildman–Crippen MR) is 122 cm³/mol. The average molecular weight is 442 g/mol. The normalized spacial score (nSPS) is 15.6. The van der Waals surface area contributed by atoms with Crippen LogP contribution in [-0.2, 0) is 22.6 Å². The zero-order chi connectivity index (χ0) is 22.5. The number of methoxy groups -OCH3 is 1. The van der Waals surface area contributed by atoms with E-state index in [0.29, 0.717) is 43.9 Å². The minimum Gasteiger partial charge on any atom is -0.385 e. The van der Waals surface area contributed by atoms with Gasteiger partial charge in [0.2, 0.25) is 11.7 Å². The first kappa shape index (κ1) is 22.4. The second kappa shape index (κ2) is 10.2. The number of benzene rings is 1. The standard InChI is InChI=1S/C22H31N7O3/c1-3-28-21(31)17-7-4-5-8-18(17)29-19(24-25-22(28)29)15-26-10-12-27(13-11-26)16-20(30)23-9-6-14-32-2/h4-5,7-8H,3,6,9-16H2,1-2H3,(H,23,30). The van der Waals surface area contributed by atoms with E-state index < -0.39 is 0 Å². The van der Waals surface area contributed by atoms with Crippen molar-refractivity contribution in [3.8, 4) is 0 Å². The Bertz CT molecular complexity index is 1130. The Morgan fingerprint density at radius 2 is 1.88 bits per heavy atom. The summed E-state index contributed by atoms with van der Waals surface area (Å²) < 4.78 is 8.67. The fraction of sp³-hybridized carbons (Fsp3) is 0.545. The van der Waals surface area contributed by atoms with Crippen LogP contribution in [0.1, 0.15) is 19.2 Å². The van der Waals surface area contributed by atoms with Crippen molar-refractivity contribution in [2.24, 2.45) is 0 Å². The summed E-state index contributed by atoms with van der Waals surface area (Å²) in [5, 5.41) is 12.4. The van der Waals surface area contributed by atoms with Crippen molar-refractivity contribution in [1.29, 1.82) is 0 Å². The molecule has 32 heavy (non-hydrogen) atoms. The maximum Gasteiger partial charge on any atom is 0.262 e. The molecule has 0 bridgehead atoms. The molecule has 0 saturated carbocycles. The number of rotatable bonds is 9. The Balaban J connectivity index is 1.42. The molecule has 1 saturated heterocycles. The van der Waals surface area contributed by atoms with E-state index in [2.05, 4.69) is 25.3 Å². The number of carbonyl (C=O) groups is 1. The molecule has 3 heterocycles. The topological polar surface area (TPSA) is 97.0 Å². The highest BCUT2D eigenvalue weighted by atomic mass is 16.5. The molecule has 1 aliphatic rings. The number of para-hydroxylation sites is 1. The lowest BCUT2D eigenvalue weighted by molar-refractivity contribution is -0.122. The summed E-state index contributed by atoms with van der Waals surface area (Å²) in [5.41, 5.74) is 0.796. The predicted octanol–water partition coefficient (Wildman–Crippen LogP) is 0.334. The van der Waals surface area contributed by atoms with Crippen LogP contribution in [0.4, 0.5) is 0 Å². The number of aromatic nitrogens is 4.